The summed E-state index contributed by atoms with van der Waals surface area (Å²) in [6.45, 7) is 1.50. The molecule has 132 valence electrons. The zero-order valence-electron chi connectivity index (χ0n) is 14.6. The van der Waals surface area contributed by atoms with Gasteiger partial charge in [0.2, 0.25) is 0 Å². The number of ether oxygens (including phenoxy) is 2. The highest BCUT2D eigenvalue weighted by Crippen LogP contribution is 2.31. The molecule has 4 rings (SSSR count). The van der Waals surface area contributed by atoms with Crippen LogP contribution in [0.4, 0.5) is 5.69 Å². The smallest absolute Gasteiger partial charge is 0.253 e. The molecule has 0 spiro atoms. The predicted octanol–water partition coefficient (Wildman–Crippen LogP) is 3.41. The number of anilines is 1. The summed E-state index contributed by atoms with van der Waals surface area (Å²) in [7, 11) is 1.64. The lowest BCUT2D eigenvalue weighted by atomic mass is 10.0. The van der Waals surface area contributed by atoms with E-state index in [9.17, 15) is 4.79 Å². The van der Waals surface area contributed by atoms with Crippen LogP contribution in [0.5, 0.6) is 0 Å². The van der Waals surface area contributed by atoms with Gasteiger partial charge in [-0.25, -0.2) is 0 Å². The summed E-state index contributed by atoms with van der Waals surface area (Å²) < 4.78 is 10.7. The molecule has 1 aliphatic rings. The first-order valence-electron chi connectivity index (χ1n) is 8.61. The van der Waals surface area contributed by atoms with Crippen molar-refractivity contribution in [1.29, 1.82) is 0 Å². The number of hydrogen-bond acceptors (Lipinski definition) is 4. The van der Waals surface area contributed by atoms with E-state index in [0.29, 0.717) is 19.8 Å². The van der Waals surface area contributed by atoms with Gasteiger partial charge in [0.15, 0.2) is 0 Å². The Balaban J connectivity index is 1.77. The van der Waals surface area contributed by atoms with E-state index in [2.05, 4.69) is 23.2 Å². The van der Waals surface area contributed by atoms with E-state index in [4.69, 9.17) is 9.47 Å². The number of hydrogen-bond donors (Lipinski definition) is 0. The first kappa shape index (κ1) is 16.7. The SMILES string of the molecule is COCCN1C(=O)COCc2ccc(-c3cnc4ccccc4c3)cc21. The van der Waals surface area contributed by atoms with Crippen molar-refractivity contribution >= 4 is 22.5 Å². The molecule has 0 saturated heterocycles. The maximum atomic E-state index is 12.4. The van der Waals surface area contributed by atoms with Crippen LogP contribution in [0.3, 0.4) is 0 Å². The lowest BCUT2D eigenvalue weighted by Gasteiger charge is -2.22. The number of pyridine rings is 1. The van der Waals surface area contributed by atoms with E-state index < -0.39 is 0 Å². The van der Waals surface area contributed by atoms with Crippen molar-refractivity contribution in [3.05, 3.63) is 60.3 Å². The fourth-order valence-corrected chi connectivity index (χ4v) is 3.23. The van der Waals surface area contributed by atoms with E-state index in [-0.39, 0.29) is 12.5 Å². The molecule has 1 aromatic heterocycles. The van der Waals surface area contributed by atoms with Gasteiger partial charge < -0.3 is 14.4 Å². The predicted molar refractivity (Wildman–Crippen MR) is 101 cm³/mol. The van der Waals surface area contributed by atoms with Gasteiger partial charge in [-0.3, -0.25) is 9.78 Å². The number of amides is 1. The van der Waals surface area contributed by atoms with Crippen LogP contribution in [0.15, 0.2) is 54.7 Å². The molecule has 0 atom stereocenters. The third-order valence-corrected chi connectivity index (χ3v) is 4.60. The Bertz CT molecular complexity index is 955. The van der Waals surface area contributed by atoms with Crippen LogP contribution in [-0.2, 0) is 20.9 Å². The molecule has 26 heavy (non-hydrogen) atoms. The Morgan fingerprint density at radius 2 is 2.00 bits per heavy atom. The molecule has 5 heteroatoms. The molecule has 0 radical (unpaired) electrons. The highest BCUT2D eigenvalue weighted by Gasteiger charge is 2.23. The van der Waals surface area contributed by atoms with Crippen LogP contribution >= 0.6 is 0 Å². The number of nitrogens with zero attached hydrogens (tertiary/aromatic N) is 2. The van der Waals surface area contributed by atoms with Crippen LogP contribution in [-0.4, -0.2) is 37.8 Å². The van der Waals surface area contributed by atoms with Crippen molar-refractivity contribution in [1.82, 2.24) is 4.98 Å². The summed E-state index contributed by atoms with van der Waals surface area (Å²) in [5, 5.41) is 1.09. The van der Waals surface area contributed by atoms with Crippen molar-refractivity contribution in [3.63, 3.8) is 0 Å². The number of rotatable bonds is 4. The van der Waals surface area contributed by atoms with Crippen LogP contribution in [0.1, 0.15) is 5.56 Å². The third-order valence-electron chi connectivity index (χ3n) is 4.60. The number of carbonyl (C=O) groups is 1. The lowest BCUT2D eigenvalue weighted by molar-refractivity contribution is -0.123. The fourth-order valence-electron chi connectivity index (χ4n) is 3.23. The van der Waals surface area contributed by atoms with Gasteiger partial charge in [0.05, 0.1) is 18.7 Å². The normalized spacial score (nSPS) is 14.3. The largest absolute Gasteiger partial charge is 0.383 e. The summed E-state index contributed by atoms with van der Waals surface area (Å²) in [6.07, 6.45) is 1.87. The van der Waals surface area contributed by atoms with E-state index in [1.807, 2.05) is 36.5 Å². The van der Waals surface area contributed by atoms with Gasteiger partial charge in [0.1, 0.15) is 6.61 Å². The number of aromatic nitrogens is 1. The molecule has 2 aromatic carbocycles. The Labute approximate surface area is 152 Å². The zero-order chi connectivity index (χ0) is 17.9. The van der Waals surface area contributed by atoms with Crippen LogP contribution in [0.2, 0.25) is 0 Å². The van der Waals surface area contributed by atoms with Gasteiger partial charge in [-0.05, 0) is 23.8 Å². The van der Waals surface area contributed by atoms with Crippen LogP contribution in [0.25, 0.3) is 22.0 Å². The average molecular weight is 348 g/mol. The van der Waals surface area contributed by atoms with Crippen molar-refractivity contribution in [2.45, 2.75) is 6.61 Å². The standard InChI is InChI=1S/C21H20N2O3/c1-25-9-8-23-20-11-15(6-7-17(20)13-26-14-21(23)24)18-10-16-4-2-3-5-19(16)22-12-18/h2-7,10-12H,8-9,13-14H2,1H3. The molecule has 1 aliphatic heterocycles. The molecule has 0 saturated carbocycles. The van der Waals surface area contributed by atoms with E-state index in [1.54, 1.807) is 12.0 Å². The van der Waals surface area contributed by atoms with E-state index >= 15 is 0 Å². The molecule has 0 unspecified atom stereocenters. The zero-order valence-corrected chi connectivity index (χ0v) is 14.6. The molecule has 0 aliphatic carbocycles. The van der Waals surface area contributed by atoms with Crippen molar-refractivity contribution in [3.8, 4) is 11.1 Å². The second kappa shape index (κ2) is 7.23. The topological polar surface area (TPSA) is 51.7 Å². The number of para-hydroxylation sites is 1. The second-order valence-electron chi connectivity index (χ2n) is 6.29. The lowest BCUT2D eigenvalue weighted by Crippen LogP contribution is -2.35. The molecule has 5 nitrogen and oxygen atoms in total. The maximum absolute atomic E-state index is 12.4. The molecule has 2 heterocycles. The Morgan fingerprint density at radius 1 is 1.12 bits per heavy atom. The van der Waals surface area contributed by atoms with Gasteiger partial charge >= 0.3 is 0 Å². The number of methoxy groups -OCH3 is 1. The van der Waals surface area contributed by atoms with Gasteiger partial charge in [-0.2, -0.15) is 0 Å². The fraction of sp³-hybridized carbons (Fsp3) is 0.238. The van der Waals surface area contributed by atoms with Crippen LogP contribution < -0.4 is 4.90 Å². The van der Waals surface area contributed by atoms with Crippen molar-refractivity contribution in [2.75, 3.05) is 31.8 Å². The van der Waals surface area contributed by atoms with E-state index in [1.165, 1.54) is 0 Å². The molecule has 1 amide bonds. The first-order valence-corrected chi connectivity index (χ1v) is 8.61. The third kappa shape index (κ3) is 3.19. The Hall–Kier alpha value is -2.76. The van der Waals surface area contributed by atoms with E-state index in [0.717, 1.165) is 33.3 Å². The first-order chi connectivity index (χ1) is 12.8. The Morgan fingerprint density at radius 3 is 2.88 bits per heavy atom. The Kier molecular flexibility index (Phi) is 4.65. The second-order valence-corrected chi connectivity index (χ2v) is 6.29. The minimum absolute atomic E-state index is 0.0467. The van der Waals surface area contributed by atoms with Gasteiger partial charge in [-0.1, -0.05) is 30.3 Å². The van der Waals surface area contributed by atoms with Crippen molar-refractivity contribution < 1.29 is 14.3 Å². The monoisotopic (exact) mass is 348 g/mol. The minimum atomic E-state index is -0.0467. The molecule has 0 N–H and O–H groups in total. The van der Waals surface area contributed by atoms with Gasteiger partial charge in [0.25, 0.3) is 5.91 Å². The summed E-state index contributed by atoms with van der Waals surface area (Å²) in [5.74, 6) is -0.0467. The summed E-state index contributed by atoms with van der Waals surface area (Å²) >= 11 is 0. The summed E-state index contributed by atoms with van der Waals surface area (Å²) in [5.41, 5.74) is 4.91. The molecular weight excluding hydrogens is 328 g/mol. The highest BCUT2D eigenvalue weighted by atomic mass is 16.5. The highest BCUT2D eigenvalue weighted by molar-refractivity contribution is 5.96. The minimum Gasteiger partial charge on any atom is -0.383 e. The number of benzene rings is 2. The number of fused-ring (bicyclic) bond motifs is 2. The molecule has 0 bridgehead atoms. The maximum Gasteiger partial charge on any atom is 0.253 e. The summed E-state index contributed by atoms with van der Waals surface area (Å²) in [4.78, 5) is 18.7. The molecular formula is C21H20N2O3. The quantitative estimate of drug-likeness (QED) is 0.725. The van der Waals surface area contributed by atoms with Gasteiger partial charge in [0, 0.05) is 42.1 Å². The summed E-state index contributed by atoms with van der Waals surface area (Å²) in [6, 6.07) is 16.3. The molecule has 0 fully saturated rings. The van der Waals surface area contributed by atoms with Gasteiger partial charge in [-0.15, -0.1) is 0 Å². The van der Waals surface area contributed by atoms with Crippen molar-refractivity contribution in [2.24, 2.45) is 0 Å². The number of carbonyl (C=O) groups excluding carboxylic acids is 1. The molecule has 3 aromatic rings. The van der Waals surface area contributed by atoms with Crippen LogP contribution in [0, 0.1) is 0 Å². The average Bonchev–Trinajstić information content (AvgIpc) is 2.83.